The van der Waals surface area contributed by atoms with Gasteiger partial charge in [0.25, 0.3) is 0 Å². The number of hydrogen-bond donors (Lipinski definition) is 4. The fraction of sp³-hybridized carbons (Fsp3) is 0.417. The number of nitrogens with two attached hydrogens (primary N) is 1. The van der Waals surface area contributed by atoms with Crippen LogP contribution in [0.5, 0.6) is 5.75 Å². The molecule has 0 saturated carbocycles. The molecule has 1 aliphatic heterocycles. The lowest BCUT2D eigenvalue weighted by Gasteiger charge is -2.25. The number of nitrogens with one attached hydrogen (secondary N) is 2. The zero-order valence-electron chi connectivity index (χ0n) is 21.9. The van der Waals surface area contributed by atoms with Crippen LogP contribution in [0.4, 0.5) is 11.8 Å². The van der Waals surface area contributed by atoms with E-state index >= 15 is 0 Å². The van der Waals surface area contributed by atoms with Crippen LogP contribution >= 0.6 is 19.3 Å². The van der Waals surface area contributed by atoms with E-state index in [1.165, 1.54) is 17.8 Å². The van der Waals surface area contributed by atoms with Gasteiger partial charge in [-0.2, -0.15) is 15.1 Å². The average molecular weight is 594 g/mol. The Bertz CT molecular complexity index is 1450. The number of terminal acetylenes is 1. The summed E-state index contributed by atoms with van der Waals surface area (Å²) < 4.78 is 37.5. The van der Waals surface area contributed by atoms with Crippen molar-refractivity contribution in [1.29, 1.82) is 0 Å². The number of benzene rings is 1. The van der Waals surface area contributed by atoms with Gasteiger partial charge in [-0.05, 0) is 26.0 Å². The number of halogens is 1. The second-order valence-corrected chi connectivity index (χ2v) is 11.0. The molecular formula is C24H29ClN7O7P. The first-order valence-electron chi connectivity index (χ1n) is 12.2. The van der Waals surface area contributed by atoms with Gasteiger partial charge in [-0.15, -0.1) is 6.42 Å². The number of esters is 1. The first-order valence-corrected chi connectivity index (χ1v) is 14.1. The maximum atomic E-state index is 13.8. The van der Waals surface area contributed by atoms with Crippen LogP contribution in [0.25, 0.3) is 11.2 Å². The summed E-state index contributed by atoms with van der Waals surface area (Å²) in [5, 5.41) is 16.6. The molecule has 0 amide bonds. The zero-order chi connectivity index (χ0) is 29.1. The van der Waals surface area contributed by atoms with Crippen molar-refractivity contribution in [2.24, 2.45) is 0 Å². The van der Waals surface area contributed by atoms with Crippen LogP contribution in [-0.2, 0) is 23.4 Å². The Morgan fingerprint density at radius 1 is 1.40 bits per heavy atom. The van der Waals surface area contributed by atoms with Crippen molar-refractivity contribution in [3.8, 4) is 18.1 Å². The fourth-order valence-corrected chi connectivity index (χ4v) is 5.83. The summed E-state index contributed by atoms with van der Waals surface area (Å²) >= 11 is 6.73. The topological polar surface area (TPSA) is 185 Å². The summed E-state index contributed by atoms with van der Waals surface area (Å²) in [5.74, 6) is 2.24. The number of hydrogen-bond acceptors (Lipinski definition) is 12. The Morgan fingerprint density at radius 3 is 2.77 bits per heavy atom. The minimum atomic E-state index is -4.24. The Morgan fingerprint density at radius 2 is 2.12 bits per heavy atom. The summed E-state index contributed by atoms with van der Waals surface area (Å²) in [6.07, 6.45) is 3.25. The summed E-state index contributed by atoms with van der Waals surface area (Å²) in [5.41, 5.74) is 6.46. The van der Waals surface area contributed by atoms with Gasteiger partial charge in [0.2, 0.25) is 5.95 Å². The highest BCUT2D eigenvalue weighted by molar-refractivity contribution is 7.52. The molecule has 4 rings (SSSR count). The maximum Gasteiger partial charge on any atom is 0.459 e. The van der Waals surface area contributed by atoms with E-state index in [4.69, 9.17) is 42.3 Å². The number of rotatable bonds is 11. The Hall–Kier alpha value is -3.44. The van der Waals surface area contributed by atoms with Gasteiger partial charge in [0.15, 0.2) is 28.1 Å². The lowest BCUT2D eigenvalue weighted by molar-refractivity contribution is -0.144. The molecule has 40 heavy (non-hydrogen) atoms. The van der Waals surface area contributed by atoms with Gasteiger partial charge in [0.05, 0.1) is 19.5 Å². The minimum Gasteiger partial charge on any atom is -0.465 e. The Labute approximate surface area is 235 Å². The third kappa shape index (κ3) is 5.85. The number of anilines is 2. The van der Waals surface area contributed by atoms with Gasteiger partial charge >= 0.3 is 13.7 Å². The molecule has 14 nitrogen and oxygen atoms in total. The third-order valence-corrected chi connectivity index (χ3v) is 8.13. The molecule has 5 N–H and O–H groups in total. The number of aliphatic hydroxyl groups excluding tert-OH is 1. The standard InChI is InChI=1S/C24H29ClN7O7P/c1-5-24(25)18(33)16(38-22(24)32-13-28-17-19(27-4)29-23(26)30-20(17)32)12-37-40(35,31-14(3)21(34)36-6-2)39-15-10-8-7-9-11-15/h1,7-11,13-14,16,18,22,33H,6,12H2,2-4H3,(H,31,35)(H3,26,27,29,30)/t14-,16-,18-,22-,24-,40?/m1/s1. The summed E-state index contributed by atoms with van der Waals surface area (Å²) in [4.78, 5) is 23.0. The van der Waals surface area contributed by atoms with E-state index in [1.807, 2.05) is 0 Å². The molecule has 3 aromatic rings. The van der Waals surface area contributed by atoms with Gasteiger partial charge in [0, 0.05) is 7.05 Å². The van der Waals surface area contributed by atoms with Gasteiger partial charge in [-0.3, -0.25) is 13.9 Å². The summed E-state index contributed by atoms with van der Waals surface area (Å²) in [6.45, 7) is 2.71. The number of carbonyl (C=O) groups excluding carboxylic acids is 1. The normalized spacial score (nSPS) is 24.6. The average Bonchev–Trinajstić information content (AvgIpc) is 3.46. The van der Waals surface area contributed by atoms with Crippen LogP contribution in [0.2, 0.25) is 0 Å². The number of aromatic nitrogens is 4. The number of imidazole rings is 1. The van der Waals surface area contributed by atoms with Crippen LogP contribution < -0.4 is 20.7 Å². The maximum absolute atomic E-state index is 13.8. The number of ether oxygens (including phenoxy) is 2. The molecule has 214 valence electrons. The highest BCUT2D eigenvalue weighted by Crippen LogP contribution is 2.48. The van der Waals surface area contributed by atoms with Crippen LogP contribution in [0.15, 0.2) is 36.7 Å². The monoisotopic (exact) mass is 593 g/mol. The first kappa shape index (κ1) is 29.5. The minimum absolute atomic E-state index is 0.0429. The number of nitrogens with zero attached hydrogens (tertiary/aromatic N) is 4. The van der Waals surface area contributed by atoms with E-state index in [1.54, 1.807) is 44.3 Å². The lowest BCUT2D eigenvalue weighted by Crippen LogP contribution is -2.41. The van der Waals surface area contributed by atoms with Gasteiger partial charge in [0.1, 0.15) is 24.0 Å². The Balaban J connectivity index is 1.60. The molecule has 1 saturated heterocycles. The number of aliphatic hydroxyl groups is 1. The number of fused-ring (bicyclic) bond motifs is 1. The van der Waals surface area contributed by atoms with Gasteiger partial charge in [-0.25, -0.2) is 9.55 Å². The van der Waals surface area contributed by atoms with Gasteiger partial charge in [-0.1, -0.05) is 35.7 Å². The van der Waals surface area contributed by atoms with E-state index in [2.05, 4.69) is 31.3 Å². The molecule has 0 spiro atoms. The van der Waals surface area contributed by atoms with Crippen molar-refractivity contribution < 1.29 is 33.0 Å². The lowest BCUT2D eigenvalue weighted by atomic mass is 9.99. The van der Waals surface area contributed by atoms with Crippen molar-refractivity contribution in [2.45, 2.75) is 43.2 Å². The summed E-state index contributed by atoms with van der Waals surface area (Å²) in [7, 11) is -2.60. The number of para-hydroxylation sites is 1. The molecule has 0 bridgehead atoms. The number of alkyl halides is 1. The molecule has 1 fully saturated rings. The van der Waals surface area contributed by atoms with Crippen LogP contribution in [-0.4, -0.2) is 74.0 Å². The van der Waals surface area contributed by atoms with Crippen molar-refractivity contribution in [1.82, 2.24) is 24.6 Å². The van der Waals surface area contributed by atoms with E-state index < -0.39 is 49.7 Å². The quantitative estimate of drug-likeness (QED) is 0.110. The smallest absolute Gasteiger partial charge is 0.459 e. The number of nitrogen functional groups attached to an aromatic ring is 1. The Kier molecular flexibility index (Phi) is 8.84. The molecule has 2 aromatic heterocycles. The highest BCUT2D eigenvalue weighted by Gasteiger charge is 2.56. The van der Waals surface area contributed by atoms with Crippen molar-refractivity contribution >= 4 is 48.2 Å². The fourth-order valence-electron chi connectivity index (χ4n) is 4.03. The van der Waals surface area contributed by atoms with Crippen molar-refractivity contribution in [3.63, 3.8) is 0 Å². The molecule has 1 unspecified atom stereocenters. The predicted octanol–water partition coefficient (Wildman–Crippen LogP) is 2.06. The van der Waals surface area contributed by atoms with Crippen LogP contribution in [0.1, 0.15) is 20.1 Å². The number of carbonyl (C=O) groups is 1. The predicted molar refractivity (Wildman–Crippen MR) is 146 cm³/mol. The van der Waals surface area contributed by atoms with Crippen molar-refractivity contribution in [3.05, 3.63) is 36.7 Å². The second kappa shape index (κ2) is 12.0. The molecule has 0 aliphatic carbocycles. The molecule has 3 heterocycles. The molecule has 16 heteroatoms. The molecule has 6 atom stereocenters. The van der Waals surface area contributed by atoms with Crippen LogP contribution in [0, 0.1) is 12.3 Å². The van der Waals surface area contributed by atoms with E-state index in [-0.39, 0.29) is 24.0 Å². The first-order chi connectivity index (χ1) is 19.0. The second-order valence-electron chi connectivity index (χ2n) is 8.69. The van der Waals surface area contributed by atoms with Gasteiger partial charge < -0.3 is 30.2 Å². The van der Waals surface area contributed by atoms with Crippen molar-refractivity contribution in [2.75, 3.05) is 31.3 Å². The third-order valence-electron chi connectivity index (χ3n) is 5.96. The van der Waals surface area contributed by atoms with E-state index in [0.29, 0.717) is 11.3 Å². The highest BCUT2D eigenvalue weighted by atomic mass is 35.5. The molecule has 0 radical (unpaired) electrons. The van der Waals surface area contributed by atoms with E-state index in [0.717, 1.165) is 0 Å². The molecule has 1 aliphatic rings. The van der Waals surface area contributed by atoms with E-state index in [9.17, 15) is 14.5 Å². The molecule has 1 aromatic carbocycles. The largest absolute Gasteiger partial charge is 0.465 e. The molecular weight excluding hydrogens is 565 g/mol. The SMILES string of the molecule is C#C[C@@]1(Cl)[C@H](O)[C@@H](COP(=O)(N[C@H](C)C(=O)OCC)Oc2ccccc2)O[C@H]1n1cnc2c(NC)nc(N)nc21. The summed E-state index contributed by atoms with van der Waals surface area (Å²) in [6, 6.07) is 7.14. The zero-order valence-corrected chi connectivity index (χ0v) is 23.5. The van der Waals surface area contributed by atoms with Crippen LogP contribution in [0.3, 0.4) is 0 Å².